The van der Waals surface area contributed by atoms with E-state index in [1.807, 2.05) is 18.2 Å². The van der Waals surface area contributed by atoms with Gasteiger partial charge in [0, 0.05) is 19.2 Å². The summed E-state index contributed by atoms with van der Waals surface area (Å²) in [5, 5.41) is 7.18. The van der Waals surface area contributed by atoms with Gasteiger partial charge >= 0.3 is 0 Å². The third kappa shape index (κ3) is 2.37. The molecule has 0 bridgehead atoms. The number of hydrogen-bond donors (Lipinski definition) is 2. The summed E-state index contributed by atoms with van der Waals surface area (Å²) in [5.41, 5.74) is 3.99. The number of aliphatic imine (C=N–C) groups is 1. The van der Waals surface area contributed by atoms with Crippen molar-refractivity contribution in [3.63, 3.8) is 0 Å². The van der Waals surface area contributed by atoms with Crippen molar-refractivity contribution >= 4 is 12.2 Å². The van der Waals surface area contributed by atoms with Crippen molar-refractivity contribution in [2.24, 2.45) is 10.1 Å². The standard InChI is InChI=1S/C12H14N4O2/c1-2-10-11(18-8-17-10)7-9(1)3-4-15-16-12-13-5-6-14-12/h1-2,4,7H,3,5-6,8H2,(H2,13,14,16)/b15-4-. The predicted octanol–water partition coefficient (Wildman–Crippen LogP) is 0.492. The number of fused-ring (bicyclic) bond motifs is 1. The molecule has 0 atom stereocenters. The minimum absolute atomic E-state index is 0.305. The molecule has 0 aromatic heterocycles. The molecule has 2 aliphatic heterocycles. The van der Waals surface area contributed by atoms with Crippen molar-refractivity contribution < 1.29 is 9.47 Å². The minimum atomic E-state index is 0.305. The van der Waals surface area contributed by atoms with Gasteiger partial charge in [-0.15, -0.1) is 0 Å². The summed E-state index contributed by atoms with van der Waals surface area (Å²) < 4.78 is 10.6. The van der Waals surface area contributed by atoms with Crippen molar-refractivity contribution in [3.8, 4) is 11.5 Å². The van der Waals surface area contributed by atoms with Gasteiger partial charge in [-0.25, -0.2) is 10.4 Å². The molecule has 0 fully saturated rings. The topological polar surface area (TPSA) is 67.2 Å². The molecular weight excluding hydrogens is 232 g/mol. The average Bonchev–Trinajstić information content (AvgIpc) is 3.05. The lowest BCUT2D eigenvalue weighted by Crippen LogP contribution is -2.30. The van der Waals surface area contributed by atoms with Crippen molar-refractivity contribution in [2.45, 2.75) is 6.42 Å². The van der Waals surface area contributed by atoms with Crippen LogP contribution in [-0.2, 0) is 6.42 Å². The summed E-state index contributed by atoms with van der Waals surface area (Å²) >= 11 is 0. The van der Waals surface area contributed by atoms with Crippen molar-refractivity contribution in [3.05, 3.63) is 23.8 Å². The number of guanidine groups is 1. The molecule has 3 rings (SSSR count). The number of ether oxygens (including phenoxy) is 2. The molecule has 6 nitrogen and oxygen atoms in total. The van der Waals surface area contributed by atoms with Crippen LogP contribution in [0.5, 0.6) is 11.5 Å². The maximum Gasteiger partial charge on any atom is 0.231 e. The summed E-state index contributed by atoms with van der Waals surface area (Å²) in [4.78, 5) is 4.17. The van der Waals surface area contributed by atoms with Gasteiger partial charge in [0.05, 0.1) is 6.54 Å². The van der Waals surface area contributed by atoms with E-state index in [1.54, 1.807) is 6.21 Å². The third-order valence-corrected chi connectivity index (χ3v) is 2.70. The second-order valence-corrected chi connectivity index (χ2v) is 3.97. The molecule has 18 heavy (non-hydrogen) atoms. The van der Waals surface area contributed by atoms with E-state index in [9.17, 15) is 0 Å². The largest absolute Gasteiger partial charge is 0.454 e. The number of benzene rings is 1. The van der Waals surface area contributed by atoms with Crippen LogP contribution in [0.2, 0.25) is 0 Å². The second-order valence-electron chi connectivity index (χ2n) is 3.97. The van der Waals surface area contributed by atoms with Crippen molar-refractivity contribution in [1.82, 2.24) is 10.7 Å². The van der Waals surface area contributed by atoms with Gasteiger partial charge in [0.1, 0.15) is 0 Å². The lowest BCUT2D eigenvalue weighted by atomic mass is 10.1. The molecule has 1 aromatic carbocycles. The zero-order chi connectivity index (χ0) is 12.2. The van der Waals surface area contributed by atoms with Crippen LogP contribution in [0.4, 0.5) is 0 Å². The fourth-order valence-corrected chi connectivity index (χ4v) is 1.80. The van der Waals surface area contributed by atoms with E-state index in [-0.39, 0.29) is 0 Å². The Labute approximate surface area is 105 Å². The van der Waals surface area contributed by atoms with Gasteiger partial charge in [-0.3, -0.25) is 0 Å². The molecule has 0 saturated carbocycles. The van der Waals surface area contributed by atoms with Crippen molar-refractivity contribution in [1.29, 1.82) is 0 Å². The van der Waals surface area contributed by atoms with Gasteiger partial charge < -0.3 is 14.8 Å². The van der Waals surface area contributed by atoms with Crippen LogP contribution >= 0.6 is 0 Å². The van der Waals surface area contributed by atoms with Crippen LogP contribution in [0, 0.1) is 0 Å². The monoisotopic (exact) mass is 246 g/mol. The zero-order valence-electron chi connectivity index (χ0n) is 9.85. The summed E-state index contributed by atoms with van der Waals surface area (Å²) in [5.74, 6) is 2.34. The first kappa shape index (κ1) is 10.9. The van der Waals surface area contributed by atoms with Gasteiger partial charge in [0.25, 0.3) is 0 Å². The van der Waals surface area contributed by atoms with E-state index in [0.29, 0.717) is 6.79 Å². The lowest BCUT2D eigenvalue weighted by Gasteiger charge is -2.00. The molecule has 6 heteroatoms. The molecular formula is C12H14N4O2. The Morgan fingerprint density at radius 1 is 1.39 bits per heavy atom. The highest BCUT2D eigenvalue weighted by molar-refractivity contribution is 5.81. The number of rotatable bonds is 3. The van der Waals surface area contributed by atoms with Crippen LogP contribution in [0.25, 0.3) is 0 Å². The first-order valence-corrected chi connectivity index (χ1v) is 5.86. The van der Waals surface area contributed by atoms with E-state index >= 15 is 0 Å². The highest BCUT2D eigenvalue weighted by Crippen LogP contribution is 2.32. The minimum Gasteiger partial charge on any atom is -0.454 e. The van der Waals surface area contributed by atoms with E-state index < -0.39 is 0 Å². The number of nitrogens with one attached hydrogen (secondary N) is 2. The first-order valence-electron chi connectivity index (χ1n) is 5.86. The quantitative estimate of drug-likeness (QED) is 0.602. The van der Waals surface area contributed by atoms with Gasteiger partial charge in [-0.2, -0.15) is 5.10 Å². The molecule has 2 N–H and O–H groups in total. The number of nitrogens with zero attached hydrogens (tertiary/aromatic N) is 2. The molecule has 0 amide bonds. The van der Waals surface area contributed by atoms with Crippen molar-refractivity contribution in [2.75, 3.05) is 19.9 Å². The Morgan fingerprint density at radius 3 is 3.22 bits per heavy atom. The van der Waals surface area contributed by atoms with Gasteiger partial charge in [0.2, 0.25) is 12.8 Å². The number of hydrogen-bond acceptors (Lipinski definition) is 6. The molecule has 0 radical (unpaired) electrons. The molecule has 2 aliphatic rings. The summed E-state index contributed by atoms with van der Waals surface area (Å²) in [6, 6.07) is 5.89. The Balaban J connectivity index is 1.54. The molecule has 0 aliphatic carbocycles. The fourth-order valence-electron chi connectivity index (χ4n) is 1.80. The SMILES string of the molecule is C(/Cc1ccc2c(c1)OCO2)=N/NC1=NCCN1. The average molecular weight is 246 g/mol. The summed E-state index contributed by atoms with van der Waals surface area (Å²) in [6.45, 7) is 1.99. The number of hydrazone groups is 1. The van der Waals surface area contributed by atoms with Gasteiger partial charge in [0.15, 0.2) is 11.5 Å². The van der Waals surface area contributed by atoms with Crippen LogP contribution < -0.4 is 20.2 Å². The highest BCUT2D eigenvalue weighted by atomic mass is 16.7. The van der Waals surface area contributed by atoms with Crippen LogP contribution in [-0.4, -0.2) is 32.1 Å². The molecule has 94 valence electrons. The van der Waals surface area contributed by atoms with Crippen LogP contribution in [0.1, 0.15) is 5.56 Å². The van der Waals surface area contributed by atoms with Crippen LogP contribution in [0.3, 0.4) is 0 Å². The zero-order valence-corrected chi connectivity index (χ0v) is 9.85. The smallest absolute Gasteiger partial charge is 0.231 e. The maximum atomic E-state index is 5.32. The highest BCUT2D eigenvalue weighted by Gasteiger charge is 2.12. The Kier molecular flexibility index (Phi) is 2.99. The molecule has 0 spiro atoms. The second kappa shape index (κ2) is 4.95. The third-order valence-electron chi connectivity index (χ3n) is 2.70. The van der Waals surface area contributed by atoms with Crippen LogP contribution in [0.15, 0.2) is 28.3 Å². The lowest BCUT2D eigenvalue weighted by molar-refractivity contribution is 0.174. The Bertz CT molecular complexity index is 499. The maximum absolute atomic E-state index is 5.32. The molecule has 1 aromatic rings. The molecule has 0 saturated heterocycles. The van der Waals surface area contributed by atoms with E-state index in [2.05, 4.69) is 20.8 Å². The van der Waals surface area contributed by atoms with Gasteiger partial charge in [-0.05, 0) is 17.7 Å². The fraction of sp³-hybridized carbons (Fsp3) is 0.333. The van der Waals surface area contributed by atoms with E-state index in [4.69, 9.17) is 9.47 Å². The molecule has 0 unspecified atom stereocenters. The Morgan fingerprint density at radius 2 is 2.33 bits per heavy atom. The predicted molar refractivity (Wildman–Crippen MR) is 68.2 cm³/mol. The summed E-state index contributed by atoms with van der Waals surface area (Å²) in [6.07, 6.45) is 2.54. The molecule has 2 heterocycles. The van der Waals surface area contributed by atoms with Gasteiger partial charge in [-0.1, -0.05) is 6.07 Å². The summed E-state index contributed by atoms with van der Waals surface area (Å²) in [7, 11) is 0. The van der Waals surface area contributed by atoms with E-state index in [0.717, 1.165) is 42.5 Å². The first-order chi connectivity index (χ1) is 8.92. The Hall–Kier alpha value is -2.24. The van der Waals surface area contributed by atoms with E-state index in [1.165, 1.54) is 0 Å². The normalized spacial score (nSPS) is 16.8.